The zero-order chi connectivity index (χ0) is 6.72. The van der Waals surface area contributed by atoms with Crippen molar-refractivity contribution in [3.8, 4) is 6.19 Å². The summed E-state index contributed by atoms with van der Waals surface area (Å²) in [4.78, 5) is 2.01. The highest BCUT2D eigenvalue weighted by Crippen LogP contribution is 2.57. The molecule has 1 saturated heterocycles. The highest BCUT2D eigenvalue weighted by molar-refractivity contribution is 5.21. The second-order valence-electron chi connectivity index (χ2n) is 3.82. The lowest BCUT2D eigenvalue weighted by Crippen LogP contribution is -2.06. The first-order chi connectivity index (χ1) is 4.92. The maximum absolute atomic E-state index is 8.65. The van der Waals surface area contributed by atoms with E-state index in [2.05, 4.69) is 6.19 Å². The summed E-state index contributed by atoms with van der Waals surface area (Å²) in [5, 5.41) is 8.65. The van der Waals surface area contributed by atoms with Crippen molar-refractivity contribution in [2.75, 3.05) is 0 Å². The van der Waals surface area contributed by atoms with Gasteiger partial charge in [-0.25, -0.2) is 0 Å². The number of piperidine rings is 1. The molecule has 0 aromatic rings. The van der Waals surface area contributed by atoms with Crippen LogP contribution in [0.2, 0.25) is 0 Å². The summed E-state index contributed by atoms with van der Waals surface area (Å²) in [7, 11) is 0. The van der Waals surface area contributed by atoms with Gasteiger partial charge in [0.2, 0.25) is 0 Å². The zero-order valence-electron chi connectivity index (χ0n) is 5.83. The molecule has 2 heteroatoms. The van der Waals surface area contributed by atoms with Crippen LogP contribution < -0.4 is 0 Å². The molecular formula is C8H10N2. The minimum atomic E-state index is 0.698. The summed E-state index contributed by atoms with van der Waals surface area (Å²) < 4.78 is 0. The van der Waals surface area contributed by atoms with Gasteiger partial charge in [0.05, 0.1) is 12.1 Å². The summed E-state index contributed by atoms with van der Waals surface area (Å²) in [6.45, 7) is 0. The van der Waals surface area contributed by atoms with E-state index >= 15 is 0 Å². The van der Waals surface area contributed by atoms with Gasteiger partial charge in [-0.05, 0) is 31.1 Å². The van der Waals surface area contributed by atoms with Gasteiger partial charge in [0.25, 0.3) is 0 Å². The van der Waals surface area contributed by atoms with Crippen molar-refractivity contribution in [2.24, 2.45) is 11.8 Å². The highest BCUT2D eigenvalue weighted by atomic mass is 15.4. The summed E-state index contributed by atoms with van der Waals surface area (Å²) in [5.74, 6) is 1.80. The van der Waals surface area contributed by atoms with Gasteiger partial charge in [-0.2, -0.15) is 5.26 Å². The molecule has 0 amide bonds. The van der Waals surface area contributed by atoms with E-state index in [1.165, 1.54) is 19.3 Å². The third-order valence-corrected chi connectivity index (χ3v) is 3.50. The normalized spacial score (nSPS) is 54.5. The van der Waals surface area contributed by atoms with Gasteiger partial charge in [-0.1, -0.05) is 0 Å². The number of rotatable bonds is 0. The Morgan fingerprint density at radius 1 is 1.20 bits per heavy atom. The monoisotopic (exact) mass is 134 g/mol. The number of hydrogen-bond donors (Lipinski definition) is 0. The van der Waals surface area contributed by atoms with Crippen molar-refractivity contribution >= 4 is 0 Å². The minimum Gasteiger partial charge on any atom is -0.300 e. The molecule has 0 N–H and O–H groups in total. The molecule has 0 aromatic carbocycles. The van der Waals surface area contributed by atoms with Gasteiger partial charge in [-0.15, -0.1) is 0 Å². The first-order valence-electron chi connectivity index (χ1n) is 4.10. The average Bonchev–Trinajstić information content (AvgIpc) is 2.36. The topological polar surface area (TPSA) is 26.8 Å². The molecule has 4 atom stereocenters. The van der Waals surface area contributed by atoms with E-state index in [0.29, 0.717) is 12.1 Å². The molecule has 0 spiro atoms. The molecule has 52 valence electrons. The third kappa shape index (κ3) is 0.360. The Bertz CT molecular complexity index is 202. The third-order valence-electron chi connectivity index (χ3n) is 3.50. The first kappa shape index (κ1) is 5.01. The van der Waals surface area contributed by atoms with E-state index in [1.807, 2.05) is 4.90 Å². The minimum absolute atomic E-state index is 0.698. The molecule has 4 unspecified atom stereocenters. The predicted molar refractivity (Wildman–Crippen MR) is 35.9 cm³/mol. The number of hydrogen-bond acceptors (Lipinski definition) is 2. The van der Waals surface area contributed by atoms with Crippen LogP contribution in [-0.2, 0) is 0 Å². The fraction of sp³-hybridized carbons (Fsp3) is 0.875. The molecule has 3 rings (SSSR count). The van der Waals surface area contributed by atoms with Crippen LogP contribution in [0.4, 0.5) is 0 Å². The summed E-state index contributed by atoms with van der Waals surface area (Å²) in [5.41, 5.74) is 0. The van der Waals surface area contributed by atoms with Gasteiger partial charge in [0, 0.05) is 0 Å². The molecule has 1 heterocycles. The van der Waals surface area contributed by atoms with Crippen molar-refractivity contribution in [1.82, 2.24) is 4.90 Å². The number of fused-ring (bicyclic) bond motifs is 5. The largest absolute Gasteiger partial charge is 0.300 e. The fourth-order valence-electron chi connectivity index (χ4n) is 3.09. The number of likely N-dealkylation sites (tertiary alicyclic amines) is 1. The van der Waals surface area contributed by atoms with Crippen molar-refractivity contribution in [3.05, 3.63) is 0 Å². The highest BCUT2D eigenvalue weighted by Gasteiger charge is 2.63. The molecule has 3 fully saturated rings. The quantitative estimate of drug-likeness (QED) is 0.364. The molecule has 0 aromatic heterocycles. The van der Waals surface area contributed by atoms with Gasteiger partial charge < -0.3 is 0 Å². The van der Waals surface area contributed by atoms with Gasteiger partial charge in [-0.3, -0.25) is 4.90 Å². The van der Waals surface area contributed by atoms with E-state index in [0.717, 1.165) is 11.8 Å². The van der Waals surface area contributed by atoms with E-state index in [1.54, 1.807) is 0 Å². The van der Waals surface area contributed by atoms with Crippen LogP contribution >= 0.6 is 0 Å². The smallest absolute Gasteiger partial charge is 0.180 e. The lowest BCUT2D eigenvalue weighted by Gasteiger charge is -2.03. The van der Waals surface area contributed by atoms with E-state index in [4.69, 9.17) is 5.26 Å². The fourth-order valence-corrected chi connectivity index (χ4v) is 3.09. The lowest BCUT2D eigenvalue weighted by atomic mass is 10.0. The second-order valence-corrected chi connectivity index (χ2v) is 3.82. The SMILES string of the molecule is N#CN1C2C3CCC(C3)C21. The molecule has 2 bridgehead atoms. The molecule has 2 nitrogen and oxygen atoms in total. The standard InChI is InChI=1S/C8H10N2/c9-4-10-7-5-1-2-6(3-5)8(7)10/h5-8H,1-3H2. The Labute approximate surface area is 60.4 Å². The lowest BCUT2D eigenvalue weighted by molar-refractivity contribution is 0.443. The van der Waals surface area contributed by atoms with Crippen LogP contribution in [0.15, 0.2) is 0 Å². The Morgan fingerprint density at radius 3 is 2.30 bits per heavy atom. The Morgan fingerprint density at radius 2 is 1.80 bits per heavy atom. The molecular weight excluding hydrogens is 124 g/mol. The van der Waals surface area contributed by atoms with Crippen LogP contribution in [-0.4, -0.2) is 17.0 Å². The molecule has 3 aliphatic rings. The maximum Gasteiger partial charge on any atom is 0.180 e. The predicted octanol–water partition coefficient (Wildman–Crippen LogP) is 0.950. The van der Waals surface area contributed by atoms with E-state index in [-0.39, 0.29) is 0 Å². The number of nitrogens with zero attached hydrogens (tertiary/aromatic N) is 2. The van der Waals surface area contributed by atoms with E-state index in [9.17, 15) is 0 Å². The molecule has 2 aliphatic carbocycles. The Balaban J connectivity index is 1.92. The summed E-state index contributed by atoms with van der Waals surface area (Å²) in [6, 6.07) is 1.40. The van der Waals surface area contributed by atoms with Crippen LogP contribution in [0.5, 0.6) is 0 Å². The maximum atomic E-state index is 8.65. The van der Waals surface area contributed by atoms with Gasteiger partial charge in [0.1, 0.15) is 0 Å². The van der Waals surface area contributed by atoms with Crippen molar-refractivity contribution < 1.29 is 0 Å². The Hall–Kier alpha value is -0.710. The van der Waals surface area contributed by atoms with Crippen LogP contribution in [0.25, 0.3) is 0 Å². The number of nitriles is 1. The molecule has 10 heavy (non-hydrogen) atoms. The molecule has 2 saturated carbocycles. The van der Waals surface area contributed by atoms with Gasteiger partial charge >= 0.3 is 0 Å². The Kier molecular flexibility index (Phi) is 0.660. The molecule has 0 radical (unpaired) electrons. The van der Waals surface area contributed by atoms with Crippen molar-refractivity contribution in [1.29, 1.82) is 5.26 Å². The summed E-state index contributed by atoms with van der Waals surface area (Å²) in [6.07, 6.45) is 6.48. The average molecular weight is 134 g/mol. The van der Waals surface area contributed by atoms with Crippen LogP contribution in [0.1, 0.15) is 19.3 Å². The van der Waals surface area contributed by atoms with Gasteiger partial charge in [0.15, 0.2) is 6.19 Å². The zero-order valence-corrected chi connectivity index (χ0v) is 5.83. The first-order valence-corrected chi connectivity index (χ1v) is 4.10. The second kappa shape index (κ2) is 1.32. The summed E-state index contributed by atoms with van der Waals surface area (Å²) >= 11 is 0. The van der Waals surface area contributed by atoms with Crippen LogP contribution in [0.3, 0.4) is 0 Å². The van der Waals surface area contributed by atoms with Crippen LogP contribution in [0, 0.1) is 23.3 Å². The van der Waals surface area contributed by atoms with Crippen molar-refractivity contribution in [2.45, 2.75) is 31.3 Å². The molecule has 1 aliphatic heterocycles. The van der Waals surface area contributed by atoms with Crippen molar-refractivity contribution in [3.63, 3.8) is 0 Å². The van der Waals surface area contributed by atoms with E-state index < -0.39 is 0 Å².